The maximum absolute atomic E-state index is 14.0. The molecule has 7 heteroatoms. The molecule has 0 fully saturated rings. The number of halogens is 4. The molecule has 1 aliphatic rings. The van der Waals surface area contributed by atoms with Gasteiger partial charge in [-0.1, -0.05) is 0 Å². The second kappa shape index (κ2) is 6.64. The second-order valence-electron chi connectivity index (χ2n) is 6.28. The molecule has 1 aliphatic carbocycles. The molecule has 0 saturated heterocycles. The Morgan fingerprint density at radius 1 is 0.963 bits per heavy atom. The van der Waals surface area contributed by atoms with E-state index < -0.39 is 11.9 Å². The first kappa shape index (κ1) is 17.5. The Balaban J connectivity index is 1.71. The minimum Gasteiger partial charge on any atom is -0.437 e. The maximum Gasteiger partial charge on any atom is 0.433 e. The number of hydrogen-bond donors (Lipinski definition) is 0. The molecular weight excluding hydrogens is 360 g/mol. The highest BCUT2D eigenvalue weighted by Gasteiger charge is 2.32. The summed E-state index contributed by atoms with van der Waals surface area (Å²) in [6.07, 6.45) is 0.593. The Morgan fingerprint density at radius 3 is 2.56 bits per heavy atom. The highest BCUT2D eigenvalue weighted by atomic mass is 19.4. The van der Waals surface area contributed by atoms with Gasteiger partial charge in [0.25, 0.3) is 0 Å². The number of benzene rings is 1. The van der Waals surface area contributed by atoms with Crippen molar-refractivity contribution in [3.63, 3.8) is 0 Å². The van der Waals surface area contributed by atoms with Gasteiger partial charge in [-0.25, -0.2) is 14.4 Å². The van der Waals surface area contributed by atoms with Crippen LogP contribution in [0.2, 0.25) is 0 Å². The average Bonchev–Trinajstić information content (AvgIpc) is 3.09. The van der Waals surface area contributed by atoms with E-state index in [1.807, 2.05) is 0 Å². The second-order valence-corrected chi connectivity index (χ2v) is 6.28. The van der Waals surface area contributed by atoms with Gasteiger partial charge in [0, 0.05) is 11.8 Å². The van der Waals surface area contributed by atoms with Crippen LogP contribution in [0.15, 0.2) is 48.8 Å². The third-order valence-electron chi connectivity index (χ3n) is 4.48. The summed E-state index contributed by atoms with van der Waals surface area (Å²) in [4.78, 5) is 7.56. The summed E-state index contributed by atoms with van der Waals surface area (Å²) in [6.45, 7) is 0. The van der Waals surface area contributed by atoms with Crippen molar-refractivity contribution in [2.75, 3.05) is 0 Å². The van der Waals surface area contributed by atoms with Gasteiger partial charge in [-0.15, -0.1) is 0 Å². The van der Waals surface area contributed by atoms with E-state index in [1.165, 1.54) is 18.3 Å². The number of ether oxygens (including phenoxy) is 1. The first-order valence-corrected chi connectivity index (χ1v) is 8.39. The summed E-state index contributed by atoms with van der Waals surface area (Å²) in [5.41, 5.74) is 2.32. The fourth-order valence-electron chi connectivity index (χ4n) is 3.30. The normalized spacial score (nSPS) is 13.5. The number of nitrogens with zero attached hydrogens (tertiary/aromatic N) is 2. The van der Waals surface area contributed by atoms with Crippen molar-refractivity contribution < 1.29 is 22.3 Å². The molecule has 0 N–H and O–H groups in total. The van der Waals surface area contributed by atoms with E-state index in [4.69, 9.17) is 4.74 Å². The standard InChI is InChI=1S/C20H14F4N2O/c21-13-9-12-3-1-4-15(12)17(10-13)16-5-2-8-25-19(16)27-14-6-7-18(26-11-14)20(22,23)24/h2,5-11H,1,3-4H2. The van der Waals surface area contributed by atoms with E-state index in [9.17, 15) is 17.6 Å². The summed E-state index contributed by atoms with van der Waals surface area (Å²) < 4.78 is 57.7. The molecule has 2 aromatic heterocycles. The van der Waals surface area contributed by atoms with E-state index in [0.717, 1.165) is 42.7 Å². The smallest absolute Gasteiger partial charge is 0.433 e. The van der Waals surface area contributed by atoms with Crippen molar-refractivity contribution in [3.8, 4) is 22.8 Å². The molecule has 0 radical (unpaired) electrons. The van der Waals surface area contributed by atoms with Crippen LogP contribution in [0, 0.1) is 5.82 Å². The Morgan fingerprint density at radius 2 is 1.81 bits per heavy atom. The molecule has 1 aromatic carbocycles. The topological polar surface area (TPSA) is 35.0 Å². The summed E-state index contributed by atoms with van der Waals surface area (Å²) in [5, 5.41) is 0. The van der Waals surface area contributed by atoms with Crippen LogP contribution in [-0.2, 0) is 19.0 Å². The zero-order valence-electron chi connectivity index (χ0n) is 14.1. The minimum absolute atomic E-state index is 0.121. The zero-order valence-corrected chi connectivity index (χ0v) is 14.1. The number of fused-ring (bicyclic) bond motifs is 1. The maximum atomic E-state index is 14.0. The SMILES string of the molecule is Fc1cc2c(c(-c3cccnc3Oc3ccc(C(F)(F)F)nc3)c1)CCC2. The molecule has 0 spiro atoms. The minimum atomic E-state index is -4.52. The zero-order chi connectivity index (χ0) is 19.0. The van der Waals surface area contributed by atoms with Crippen LogP contribution in [0.5, 0.6) is 11.6 Å². The summed E-state index contributed by atoms with van der Waals surface area (Å²) in [5.74, 6) is -0.0218. The van der Waals surface area contributed by atoms with Gasteiger partial charge in [-0.2, -0.15) is 13.2 Å². The number of rotatable bonds is 3. The van der Waals surface area contributed by atoms with Gasteiger partial charge in [-0.3, -0.25) is 0 Å². The van der Waals surface area contributed by atoms with Crippen molar-refractivity contribution in [1.82, 2.24) is 9.97 Å². The van der Waals surface area contributed by atoms with E-state index in [-0.39, 0.29) is 17.4 Å². The van der Waals surface area contributed by atoms with Crippen LogP contribution in [0.4, 0.5) is 17.6 Å². The lowest BCUT2D eigenvalue weighted by Crippen LogP contribution is -2.07. The molecule has 2 heterocycles. The number of alkyl halides is 3. The molecule has 27 heavy (non-hydrogen) atoms. The van der Waals surface area contributed by atoms with Crippen LogP contribution in [0.1, 0.15) is 23.2 Å². The molecule has 3 nitrogen and oxygen atoms in total. The molecule has 0 atom stereocenters. The number of aryl methyl sites for hydroxylation is 1. The predicted molar refractivity (Wildman–Crippen MR) is 91.0 cm³/mol. The van der Waals surface area contributed by atoms with Crippen LogP contribution < -0.4 is 4.74 Å². The Labute approximate surface area is 152 Å². The van der Waals surface area contributed by atoms with Crippen molar-refractivity contribution in [2.24, 2.45) is 0 Å². The van der Waals surface area contributed by atoms with E-state index in [0.29, 0.717) is 11.1 Å². The molecule has 0 bridgehead atoms. The van der Waals surface area contributed by atoms with Crippen molar-refractivity contribution in [3.05, 3.63) is 71.4 Å². The van der Waals surface area contributed by atoms with Crippen LogP contribution in [0.25, 0.3) is 11.1 Å². The van der Waals surface area contributed by atoms with Gasteiger partial charge < -0.3 is 4.74 Å². The average molecular weight is 374 g/mol. The number of pyridine rings is 2. The van der Waals surface area contributed by atoms with Gasteiger partial charge in [0.05, 0.1) is 6.20 Å². The Bertz CT molecular complexity index is 984. The Kier molecular flexibility index (Phi) is 4.30. The molecule has 0 unspecified atom stereocenters. The first-order chi connectivity index (χ1) is 12.9. The molecule has 0 amide bonds. The lowest BCUT2D eigenvalue weighted by molar-refractivity contribution is -0.141. The predicted octanol–water partition coefficient (Wildman–Crippen LogP) is 5.58. The molecule has 138 valence electrons. The van der Waals surface area contributed by atoms with Crippen molar-refractivity contribution in [2.45, 2.75) is 25.4 Å². The molecular formula is C20H14F4N2O. The highest BCUT2D eigenvalue weighted by Crippen LogP contribution is 2.38. The fraction of sp³-hybridized carbons (Fsp3) is 0.200. The fourth-order valence-corrected chi connectivity index (χ4v) is 3.30. The largest absolute Gasteiger partial charge is 0.437 e. The quantitative estimate of drug-likeness (QED) is 0.561. The lowest BCUT2D eigenvalue weighted by atomic mass is 9.97. The van der Waals surface area contributed by atoms with E-state index >= 15 is 0 Å². The van der Waals surface area contributed by atoms with Gasteiger partial charge in [0.15, 0.2) is 0 Å². The third-order valence-corrected chi connectivity index (χ3v) is 4.48. The summed E-state index contributed by atoms with van der Waals surface area (Å²) in [7, 11) is 0. The van der Waals surface area contributed by atoms with Crippen LogP contribution in [0.3, 0.4) is 0 Å². The number of aromatic nitrogens is 2. The van der Waals surface area contributed by atoms with Crippen LogP contribution in [-0.4, -0.2) is 9.97 Å². The van der Waals surface area contributed by atoms with Crippen LogP contribution >= 0.6 is 0 Å². The molecule has 0 aliphatic heterocycles. The van der Waals surface area contributed by atoms with Crippen molar-refractivity contribution in [1.29, 1.82) is 0 Å². The monoisotopic (exact) mass is 374 g/mol. The first-order valence-electron chi connectivity index (χ1n) is 8.39. The molecule has 3 aromatic rings. The van der Waals surface area contributed by atoms with Gasteiger partial charge >= 0.3 is 6.18 Å². The summed E-state index contributed by atoms with van der Waals surface area (Å²) >= 11 is 0. The third kappa shape index (κ3) is 3.49. The lowest BCUT2D eigenvalue weighted by Gasteiger charge is -2.14. The molecule has 4 rings (SSSR count). The van der Waals surface area contributed by atoms with Gasteiger partial charge in [0.2, 0.25) is 5.88 Å². The summed E-state index contributed by atoms with van der Waals surface area (Å²) in [6, 6.07) is 8.48. The Hall–Kier alpha value is -2.96. The molecule has 0 saturated carbocycles. The van der Waals surface area contributed by atoms with Gasteiger partial charge in [0.1, 0.15) is 17.3 Å². The van der Waals surface area contributed by atoms with Crippen molar-refractivity contribution >= 4 is 0 Å². The number of hydrogen-bond acceptors (Lipinski definition) is 3. The van der Waals surface area contributed by atoms with Gasteiger partial charge in [-0.05, 0) is 72.4 Å². The van der Waals surface area contributed by atoms with E-state index in [1.54, 1.807) is 18.2 Å². The van der Waals surface area contributed by atoms with E-state index in [2.05, 4.69) is 9.97 Å². The highest BCUT2D eigenvalue weighted by molar-refractivity contribution is 5.74.